The number of carbonyl (C=O) groups excluding carboxylic acids is 1. The average Bonchev–Trinajstić information content (AvgIpc) is 3.78. The number of halogens is 2. The van der Waals surface area contributed by atoms with Crippen LogP contribution in [-0.2, 0) is 0 Å². The first-order chi connectivity index (χ1) is 17.7. The Balaban J connectivity index is 1.32. The summed E-state index contributed by atoms with van der Waals surface area (Å²) < 4.78 is 6.22. The molecule has 0 heterocycles. The van der Waals surface area contributed by atoms with Crippen molar-refractivity contribution in [3.8, 4) is 5.75 Å². The second-order valence-electron chi connectivity index (χ2n) is 10.3. The van der Waals surface area contributed by atoms with E-state index in [1.807, 2.05) is 55.5 Å². The largest absolute Gasteiger partial charge is 0.489 e. The maximum atomic E-state index is 11.8. The van der Waals surface area contributed by atoms with Crippen LogP contribution in [0.5, 0.6) is 5.75 Å². The summed E-state index contributed by atoms with van der Waals surface area (Å²) in [6.45, 7) is 6.00. The third-order valence-corrected chi connectivity index (χ3v) is 8.35. The molecule has 0 aromatic heterocycles. The molecule has 2 saturated carbocycles. The summed E-state index contributed by atoms with van der Waals surface area (Å²) >= 11 is 13.2. The van der Waals surface area contributed by atoms with Crippen LogP contribution in [0.25, 0.3) is 0 Å². The Labute approximate surface area is 229 Å². The summed E-state index contributed by atoms with van der Waals surface area (Å²) in [6, 6.07) is 19.6. The minimum absolute atomic E-state index is 0.0849. The van der Waals surface area contributed by atoms with E-state index >= 15 is 0 Å². The maximum absolute atomic E-state index is 11.8. The van der Waals surface area contributed by atoms with Gasteiger partial charge in [-0.05, 0) is 98.7 Å². The summed E-state index contributed by atoms with van der Waals surface area (Å²) in [4.78, 5) is 11.8. The number of benzene rings is 3. The summed E-state index contributed by atoms with van der Waals surface area (Å²) in [5.74, 6) is 2.00. The van der Waals surface area contributed by atoms with Crippen LogP contribution in [0, 0.1) is 18.3 Å². The van der Waals surface area contributed by atoms with Crippen molar-refractivity contribution in [3.05, 3.63) is 110 Å². The number of hydrogen-bond donors (Lipinski definition) is 1. The fourth-order valence-corrected chi connectivity index (χ4v) is 5.82. The Hall–Kier alpha value is -2.88. The second-order valence-corrected chi connectivity index (χ2v) is 11.2. The molecular formula is C32H31Cl2NO2. The normalized spacial score (nSPS) is 19.3. The fraction of sp³-hybridized carbons (Fsp3) is 0.312. The second kappa shape index (κ2) is 10.5. The lowest BCUT2D eigenvalue weighted by atomic mass is 9.94. The lowest BCUT2D eigenvalue weighted by molar-refractivity contribution is 0.101. The fourth-order valence-electron chi connectivity index (χ4n) is 5.19. The van der Waals surface area contributed by atoms with E-state index in [2.05, 4.69) is 19.1 Å². The molecule has 2 unspecified atom stereocenters. The van der Waals surface area contributed by atoms with E-state index < -0.39 is 0 Å². The number of aryl methyl sites for hydroxylation is 1. The van der Waals surface area contributed by atoms with Gasteiger partial charge in [0.05, 0.1) is 10.7 Å². The molecule has 2 aliphatic carbocycles. The van der Waals surface area contributed by atoms with Gasteiger partial charge in [-0.3, -0.25) is 10.2 Å². The number of ether oxygens (including phenoxy) is 1. The minimum atomic E-state index is 0.0849. The minimum Gasteiger partial charge on any atom is -0.489 e. The van der Waals surface area contributed by atoms with E-state index in [9.17, 15) is 4.79 Å². The molecule has 0 bridgehead atoms. The Morgan fingerprint density at radius 3 is 2.41 bits per heavy atom. The molecule has 0 aliphatic heterocycles. The topological polar surface area (TPSA) is 50.2 Å². The lowest BCUT2D eigenvalue weighted by Gasteiger charge is -2.18. The number of Topliss-reactive ketones (excluding diaryl/α,β-unsaturated/α-hetero) is 1. The van der Waals surface area contributed by atoms with E-state index in [4.69, 9.17) is 33.3 Å². The van der Waals surface area contributed by atoms with Gasteiger partial charge in [0, 0.05) is 21.7 Å². The zero-order valence-electron chi connectivity index (χ0n) is 21.4. The summed E-state index contributed by atoms with van der Waals surface area (Å²) in [6.07, 6.45) is 3.33. The predicted molar refractivity (Wildman–Crippen MR) is 152 cm³/mol. The van der Waals surface area contributed by atoms with Crippen molar-refractivity contribution >= 4 is 34.7 Å². The van der Waals surface area contributed by atoms with Gasteiger partial charge in [0.1, 0.15) is 12.4 Å². The molecule has 3 aromatic rings. The molecule has 190 valence electrons. The van der Waals surface area contributed by atoms with Crippen molar-refractivity contribution in [1.29, 1.82) is 5.41 Å². The zero-order chi connectivity index (χ0) is 26.3. The highest BCUT2D eigenvalue weighted by Crippen LogP contribution is 2.56. The van der Waals surface area contributed by atoms with Crippen LogP contribution in [0.3, 0.4) is 0 Å². The monoisotopic (exact) mass is 531 g/mol. The van der Waals surface area contributed by atoms with E-state index in [-0.39, 0.29) is 5.78 Å². The molecule has 2 atom stereocenters. The van der Waals surface area contributed by atoms with Crippen LogP contribution < -0.4 is 4.74 Å². The highest BCUT2D eigenvalue weighted by molar-refractivity contribution is 6.35. The average molecular weight is 533 g/mol. The van der Waals surface area contributed by atoms with E-state index in [0.29, 0.717) is 45.9 Å². The molecular weight excluding hydrogens is 501 g/mol. The molecule has 5 rings (SSSR count). The van der Waals surface area contributed by atoms with E-state index in [1.165, 1.54) is 11.1 Å². The molecule has 2 aliphatic rings. The Kier molecular flexibility index (Phi) is 7.29. The molecule has 2 fully saturated rings. The third-order valence-electron chi connectivity index (χ3n) is 7.71. The van der Waals surface area contributed by atoms with Crippen LogP contribution in [0.4, 0.5) is 0 Å². The van der Waals surface area contributed by atoms with Crippen molar-refractivity contribution in [1.82, 2.24) is 0 Å². The number of ketones is 1. The van der Waals surface area contributed by atoms with Gasteiger partial charge in [-0.15, -0.1) is 0 Å². The highest BCUT2D eigenvalue weighted by atomic mass is 35.5. The van der Waals surface area contributed by atoms with Crippen LogP contribution in [0.1, 0.15) is 77.6 Å². The van der Waals surface area contributed by atoms with Crippen molar-refractivity contribution < 1.29 is 9.53 Å². The zero-order valence-corrected chi connectivity index (χ0v) is 22.9. The Bertz CT molecular complexity index is 1400. The molecule has 0 saturated heterocycles. The molecule has 1 N–H and O–H groups in total. The van der Waals surface area contributed by atoms with Crippen LogP contribution in [-0.4, -0.2) is 18.1 Å². The van der Waals surface area contributed by atoms with Gasteiger partial charge < -0.3 is 4.74 Å². The van der Waals surface area contributed by atoms with Crippen LogP contribution in [0.2, 0.25) is 10.0 Å². The van der Waals surface area contributed by atoms with Crippen molar-refractivity contribution in [2.24, 2.45) is 5.92 Å². The first-order valence-electron chi connectivity index (χ1n) is 12.8. The van der Waals surface area contributed by atoms with Gasteiger partial charge in [-0.2, -0.15) is 0 Å². The summed E-state index contributed by atoms with van der Waals surface area (Å²) in [5.41, 5.74) is 7.34. The van der Waals surface area contributed by atoms with Gasteiger partial charge in [-0.1, -0.05) is 65.2 Å². The quantitative estimate of drug-likeness (QED) is 0.221. The standard InChI is InChI=1S/C32H31Cl2NO2/c1-18-6-4-9-29(33)31(18)32(35)28(19(2)21-10-11-21)17-37-24-12-13-25(30(34)15-24)27-16-26(27)23-8-5-7-22(14-23)20(3)36/h4-9,12-15,21,26-27,35H,10-11,16-17H2,1-3H3/b28-19+,35-32?. The summed E-state index contributed by atoms with van der Waals surface area (Å²) in [5, 5.41) is 10.3. The first kappa shape index (κ1) is 25.8. The number of allylic oxidation sites excluding steroid dienone is 1. The summed E-state index contributed by atoms with van der Waals surface area (Å²) in [7, 11) is 0. The molecule has 0 radical (unpaired) electrons. The Morgan fingerprint density at radius 1 is 0.973 bits per heavy atom. The molecule has 3 aromatic carbocycles. The molecule has 0 amide bonds. The smallest absolute Gasteiger partial charge is 0.159 e. The van der Waals surface area contributed by atoms with Crippen molar-refractivity contribution in [2.75, 3.05) is 6.61 Å². The third kappa shape index (κ3) is 5.54. The van der Waals surface area contributed by atoms with Gasteiger partial charge >= 0.3 is 0 Å². The van der Waals surface area contributed by atoms with Crippen LogP contribution >= 0.6 is 23.2 Å². The predicted octanol–water partition coefficient (Wildman–Crippen LogP) is 8.95. The van der Waals surface area contributed by atoms with Crippen LogP contribution in [0.15, 0.2) is 71.8 Å². The van der Waals surface area contributed by atoms with E-state index in [0.717, 1.165) is 47.1 Å². The number of carbonyl (C=O) groups is 1. The van der Waals surface area contributed by atoms with Gasteiger partial charge in [0.15, 0.2) is 5.78 Å². The molecule has 5 heteroatoms. The number of hydrogen-bond acceptors (Lipinski definition) is 3. The van der Waals surface area contributed by atoms with Crippen molar-refractivity contribution in [3.63, 3.8) is 0 Å². The molecule has 0 spiro atoms. The van der Waals surface area contributed by atoms with Crippen molar-refractivity contribution in [2.45, 2.75) is 51.9 Å². The lowest BCUT2D eigenvalue weighted by Crippen LogP contribution is -2.16. The molecule has 3 nitrogen and oxygen atoms in total. The van der Waals surface area contributed by atoms with Gasteiger partial charge in [0.2, 0.25) is 0 Å². The van der Waals surface area contributed by atoms with E-state index in [1.54, 1.807) is 6.92 Å². The Morgan fingerprint density at radius 2 is 1.73 bits per heavy atom. The first-order valence-corrected chi connectivity index (χ1v) is 13.6. The maximum Gasteiger partial charge on any atom is 0.159 e. The molecule has 37 heavy (non-hydrogen) atoms. The SMILES string of the molecule is CC(=O)c1cccc(C2CC2c2ccc(OC/C(C(=N)c3c(C)cccc3Cl)=C(/C)C3CC3)cc2Cl)c1. The number of nitrogens with one attached hydrogen (secondary N) is 1. The highest BCUT2D eigenvalue weighted by Gasteiger charge is 2.40. The van der Waals surface area contributed by atoms with Gasteiger partial charge in [0.25, 0.3) is 0 Å². The number of rotatable bonds is 9. The van der Waals surface area contributed by atoms with Gasteiger partial charge in [-0.25, -0.2) is 0 Å².